The monoisotopic (exact) mass is 323 g/mol. The van der Waals surface area contributed by atoms with Gasteiger partial charge in [0.2, 0.25) is 5.69 Å². The molecule has 1 saturated heterocycles. The fourth-order valence-corrected chi connectivity index (χ4v) is 9.58. The van der Waals surface area contributed by atoms with Gasteiger partial charge in [-0.05, 0) is 48.8 Å². The van der Waals surface area contributed by atoms with Crippen molar-refractivity contribution >= 4 is 13.4 Å². The highest BCUT2D eigenvalue weighted by molar-refractivity contribution is 6.90. The molecule has 0 unspecified atom stereocenters. The summed E-state index contributed by atoms with van der Waals surface area (Å²) in [6.45, 7) is 3.41. The smallest absolute Gasteiger partial charge is 0.215 e. The van der Waals surface area contributed by atoms with E-state index in [-0.39, 0.29) is 0 Å². The normalized spacial score (nSPS) is 19.6. The molecular weight excluding hydrogens is 296 g/mol. The SMILES string of the molecule is Cc1ccccc1-c1c2c(cc[n+]1C)[Si]1(CCCCC1)NCC2. The summed E-state index contributed by atoms with van der Waals surface area (Å²) >= 11 is 0. The highest BCUT2D eigenvalue weighted by Crippen LogP contribution is 2.32. The van der Waals surface area contributed by atoms with Crippen LogP contribution in [-0.2, 0) is 13.5 Å². The molecule has 3 heteroatoms. The molecule has 120 valence electrons. The molecule has 2 aliphatic heterocycles. The van der Waals surface area contributed by atoms with Crippen LogP contribution >= 0.6 is 0 Å². The standard InChI is InChI=1S/C20H27N2Si/c1-16-8-4-5-9-17(16)20-18-10-12-21-23(14-6-3-7-15-23)19(18)11-13-22(20)2/h4-5,8-9,11,13,21H,3,6-7,10,12,14-15H2,1-2H3/q+1. The van der Waals surface area contributed by atoms with E-state index in [1.54, 1.807) is 10.8 Å². The van der Waals surface area contributed by atoms with Crippen LogP contribution in [0.15, 0.2) is 36.5 Å². The van der Waals surface area contributed by atoms with Crippen LogP contribution in [0, 0.1) is 6.92 Å². The van der Waals surface area contributed by atoms with E-state index in [1.165, 1.54) is 61.1 Å². The van der Waals surface area contributed by atoms with Gasteiger partial charge in [0, 0.05) is 17.2 Å². The van der Waals surface area contributed by atoms with Crippen LogP contribution in [0.4, 0.5) is 0 Å². The zero-order chi connectivity index (χ0) is 15.9. The van der Waals surface area contributed by atoms with Crippen molar-refractivity contribution in [1.82, 2.24) is 4.98 Å². The Balaban J connectivity index is 1.92. The van der Waals surface area contributed by atoms with E-state index < -0.39 is 8.24 Å². The fourth-order valence-electron chi connectivity index (χ4n) is 4.72. The van der Waals surface area contributed by atoms with Gasteiger partial charge in [-0.2, -0.15) is 0 Å². The largest absolute Gasteiger partial charge is 0.333 e. The summed E-state index contributed by atoms with van der Waals surface area (Å²) in [6.07, 6.45) is 7.73. The second-order valence-corrected chi connectivity index (χ2v) is 11.4. The second kappa shape index (κ2) is 5.88. The average Bonchev–Trinajstić information content (AvgIpc) is 2.57. The Morgan fingerprint density at radius 3 is 2.61 bits per heavy atom. The van der Waals surface area contributed by atoms with Crippen LogP contribution in [0.2, 0.25) is 12.1 Å². The molecule has 1 spiro atoms. The molecule has 0 bridgehead atoms. The summed E-state index contributed by atoms with van der Waals surface area (Å²) in [6, 6.07) is 14.2. The third-order valence-electron chi connectivity index (χ3n) is 5.89. The lowest BCUT2D eigenvalue weighted by Gasteiger charge is -2.40. The van der Waals surface area contributed by atoms with Crippen molar-refractivity contribution in [1.29, 1.82) is 0 Å². The summed E-state index contributed by atoms with van der Waals surface area (Å²) in [5.74, 6) is 0. The van der Waals surface area contributed by atoms with E-state index >= 15 is 0 Å². The van der Waals surface area contributed by atoms with Crippen LogP contribution in [0.25, 0.3) is 11.3 Å². The summed E-state index contributed by atoms with van der Waals surface area (Å²) in [5.41, 5.74) is 5.89. The minimum Gasteiger partial charge on any atom is -0.333 e. The molecule has 2 aromatic rings. The number of hydrogen-bond acceptors (Lipinski definition) is 1. The van der Waals surface area contributed by atoms with E-state index in [9.17, 15) is 0 Å². The maximum atomic E-state index is 4.03. The summed E-state index contributed by atoms with van der Waals surface area (Å²) in [4.78, 5) is 4.03. The van der Waals surface area contributed by atoms with Gasteiger partial charge < -0.3 is 4.98 Å². The van der Waals surface area contributed by atoms with E-state index in [0.29, 0.717) is 0 Å². The Morgan fingerprint density at radius 1 is 1.04 bits per heavy atom. The third kappa shape index (κ3) is 2.47. The van der Waals surface area contributed by atoms with Gasteiger partial charge in [0.25, 0.3) is 0 Å². The molecule has 1 fully saturated rings. The first-order valence-electron chi connectivity index (χ1n) is 9.04. The molecule has 1 aromatic carbocycles. The number of nitrogens with one attached hydrogen (secondary N) is 1. The van der Waals surface area contributed by atoms with Gasteiger partial charge in [-0.25, -0.2) is 4.57 Å². The van der Waals surface area contributed by atoms with Crippen molar-refractivity contribution in [2.75, 3.05) is 6.54 Å². The lowest BCUT2D eigenvalue weighted by atomic mass is 9.99. The maximum absolute atomic E-state index is 4.03. The Hall–Kier alpha value is -1.45. The van der Waals surface area contributed by atoms with Gasteiger partial charge in [0.15, 0.2) is 14.4 Å². The summed E-state index contributed by atoms with van der Waals surface area (Å²) in [5, 5.41) is 1.71. The van der Waals surface area contributed by atoms with Gasteiger partial charge in [-0.15, -0.1) is 0 Å². The number of pyridine rings is 1. The number of hydrogen-bond donors (Lipinski definition) is 1. The topological polar surface area (TPSA) is 15.9 Å². The van der Waals surface area contributed by atoms with Gasteiger partial charge in [0.05, 0.1) is 0 Å². The molecule has 2 nitrogen and oxygen atoms in total. The molecule has 4 rings (SSSR count). The first-order valence-corrected chi connectivity index (χ1v) is 11.5. The molecule has 0 aliphatic carbocycles. The predicted octanol–water partition coefficient (Wildman–Crippen LogP) is 2.97. The maximum Gasteiger partial charge on any atom is 0.215 e. The molecule has 2 aliphatic rings. The minimum atomic E-state index is -1.46. The average molecular weight is 324 g/mol. The first-order chi connectivity index (χ1) is 11.2. The van der Waals surface area contributed by atoms with Crippen molar-refractivity contribution in [2.45, 2.75) is 44.7 Å². The van der Waals surface area contributed by atoms with Gasteiger partial charge >= 0.3 is 0 Å². The number of benzene rings is 1. The lowest BCUT2D eigenvalue weighted by molar-refractivity contribution is -0.660. The third-order valence-corrected chi connectivity index (χ3v) is 10.7. The van der Waals surface area contributed by atoms with Crippen molar-refractivity contribution in [2.24, 2.45) is 7.05 Å². The molecule has 0 radical (unpaired) electrons. The van der Waals surface area contributed by atoms with Crippen molar-refractivity contribution < 1.29 is 4.57 Å². The van der Waals surface area contributed by atoms with E-state index in [0.717, 1.165) is 0 Å². The quantitative estimate of drug-likeness (QED) is 0.630. The molecule has 0 saturated carbocycles. The zero-order valence-corrected chi connectivity index (χ0v) is 15.4. The van der Waals surface area contributed by atoms with Crippen LogP contribution in [0.5, 0.6) is 0 Å². The van der Waals surface area contributed by atoms with E-state index in [1.807, 2.05) is 0 Å². The van der Waals surface area contributed by atoms with Gasteiger partial charge in [0.1, 0.15) is 7.05 Å². The van der Waals surface area contributed by atoms with Gasteiger partial charge in [-0.3, -0.25) is 0 Å². The highest BCUT2D eigenvalue weighted by Gasteiger charge is 2.42. The van der Waals surface area contributed by atoms with Crippen LogP contribution < -0.4 is 14.7 Å². The highest BCUT2D eigenvalue weighted by atomic mass is 28.3. The van der Waals surface area contributed by atoms with Crippen molar-refractivity contribution in [3.05, 3.63) is 47.7 Å². The Kier molecular flexibility index (Phi) is 3.86. The molecule has 0 amide bonds. The molecular formula is C20H27N2Si+. The Morgan fingerprint density at radius 2 is 1.83 bits per heavy atom. The summed E-state index contributed by atoms with van der Waals surface area (Å²) < 4.78 is 2.34. The summed E-state index contributed by atoms with van der Waals surface area (Å²) in [7, 11) is 0.749. The molecule has 3 heterocycles. The van der Waals surface area contributed by atoms with Crippen LogP contribution in [0.3, 0.4) is 0 Å². The Bertz CT molecular complexity index is 732. The number of rotatable bonds is 1. The molecule has 23 heavy (non-hydrogen) atoms. The predicted molar refractivity (Wildman–Crippen MR) is 98.4 cm³/mol. The number of nitrogens with zero attached hydrogens (tertiary/aromatic N) is 1. The van der Waals surface area contributed by atoms with Crippen LogP contribution in [-0.4, -0.2) is 14.8 Å². The lowest BCUT2D eigenvalue weighted by Crippen LogP contribution is -2.66. The Labute approximate surface area is 140 Å². The van der Waals surface area contributed by atoms with E-state index in [2.05, 4.69) is 60.0 Å². The van der Waals surface area contributed by atoms with Gasteiger partial charge in [-0.1, -0.05) is 37.5 Å². The van der Waals surface area contributed by atoms with Crippen molar-refractivity contribution in [3.8, 4) is 11.3 Å². The number of aromatic nitrogens is 1. The van der Waals surface area contributed by atoms with Crippen molar-refractivity contribution in [3.63, 3.8) is 0 Å². The number of aryl methyl sites for hydroxylation is 2. The van der Waals surface area contributed by atoms with E-state index in [4.69, 9.17) is 0 Å². The fraction of sp³-hybridized carbons (Fsp3) is 0.450. The molecule has 1 N–H and O–H groups in total. The first kappa shape index (κ1) is 15.1. The second-order valence-electron chi connectivity index (χ2n) is 7.30. The number of fused-ring (bicyclic) bond motifs is 2. The van der Waals surface area contributed by atoms with Crippen LogP contribution in [0.1, 0.15) is 30.4 Å². The minimum absolute atomic E-state index is 1.17. The molecule has 1 aromatic heterocycles. The zero-order valence-electron chi connectivity index (χ0n) is 14.4. The molecule has 0 atom stereocenters.